The number of carboxylic acids is 1. The third-order valence-corrected chi connectivity index (χ3v) is 3.78. The Bertz CT molecular complexity index is 289. The Labute approximate surface area is 135 Å². The highest BCUT2D eigenvalue weighted by atomic mass is 16.4. The van der Waals surface area contributed by atoms with Crippen LogP contribution in [0, 0.1) is 0 Å². The lowest BCUT2D eigenvalue weighted by molar-refractivity contribution is -0.139. The monoisotopic (exact) mass is 314 g/mol. The first-order chi connectivity index (χ1) is 10.6. The number of hydrogen-bond donors (Lipinski definition) is 3. The maximum absolute atomic E-state index is 10.4. The molecule has 0 saturated carbocycles. The Morgan fingerprint density at radius 1 is 0.909 bits per heavy atom. The highest BCUT2D eigenvalue weighted by Gasteiger charge is 2.08. The molecule has 0 fully saturated rings. The zero-order chi connectivity index (χ0) is 16.6. The van der Waals surface area contributed by atoms with Crippen LogP contribution in [0.2, 0.25) is 0 Å². The van der Waals surface area contributed by atoms with E-state index in [2.05, 4.69) is 19.1 Å². The maximum atomic E-state index is 10.4. The summed E-state index contributed by atoms with van der Waals surface area (Å²) in [4.78, 5) is 10.4. The number of rotatable bonds is 15. The minimum absolute atomic E-state index is 0.157. The zero-order valence-corrected chi connectivity index (χ0v) is 14.0. The molecule has 0 aromatic carbocycles. The molecule has 4 heteroatoms. The molecule has 0 spiro atoms. The Morgan fingerprint density at radius 2 is 1.55 bits per heavy atom. The number of hydrogen-bond acceptors (Lipinski definition) is 3. The molecular weight excluding hydrogens is 280 g/mol. The van der Waals surface area contributed by atoms with E-state index in [1.54, 1.807) is 0 Å². The van der Waals surface area contributed by atoms with Crippen molar-refractivity contribution in [3.05, 3.63) is 12.2 Å². The van der Waals surface area contributed by atoms with Crippen LogP contribution in [0.4, 0.5) is 0 Å². The van der Waals surface area contributed by atoms with E-state index in [1.807, 2.05) is 0 Å². The Kier molecular flexibility index (Phi) is 14.4. The fraction of sp³-hybridized carbons (Fsp3) is 0.833. The standard InChI is InChI=1S/C18H34O4/c1-2-3-4-9-12-16(19)13-10-7-5-6-8-11-14-17(20)15-18(21)22/h7,10,16-17,19-20H,2-6,8-9,11-15H2,1H3,(H,21,22)/b10-7-/t16-,17?/m1/s1. The zero-order valence-electron chi connectivity index (χ0n) is 14.0. The van der Waals surface area contributed by atoms with Crippen LogP contribution in [0.15, 0.2) is 12.2 Å². The summed E-state index contributed by atoms with van der Waals surface area (Å²) in [5.41, 5.74) is 0. The molecule has 0 amide bonds. The molecule has 0 bridgehead atoms. The molecule has 0 saturated heterocycles. The van der Waals surface area contributed by atoms with Gasteiger partial charge in [0, 0.05) is 0 Å². The molecule has 0 radical (unpaired) electrons. The van der Waals surface area contributed by atoms with Crippen LogP contribution in [0.5, 0.6) is 0 Å². The molecule has 2 atom stereocenters. The van der Waals surface area contributed by atoms with Crippen LogP contribution in [-0.4, -0.2) is 33.5 Å². The summed E-state index contributed by atoms with van der Waals surface area (Å²) in [7, 11) is 0. The van der Waals surface area contributed by atoms with E-state index in [9.17, 15) is 15.0 Å². The van der Waals surface area contributed by atoms with Crippen molar-refractivity contribution >= 4 is 5.97 Å². The Morgan fingerprint density at radius 3 is 2.18 bits per heavy atom. The smallest absolute Gasteiger partial charge is 0.305 e. The third-order valence-electron chi connectivity index (χ3n) is 3.78. The number of aliphatic hydroxyl groups excluding tert-OH is 2. The van der Waals surface area contributed by atoms with Crippen LogP contribution < -0.4 is 0 Å². The van der Waals surface area contributed by atoms with Gasteiger partial charge in [-0.25, -0.2) is 0 Å². The second-order valence-corrected chi connectivity index (χ2v) is 6.10. The Balaban J connectivity index is 3.38. The number of carboxylic acid groups (broad SMARTS) is 1. The van der Waals surface area contributed by atoms with Crippen molar-refractivity contribution in [1.29, 1.82) is 0 Å². The second kappa shape index (κ2) is 15.0. The van der Waals surface area contributed by atoms with Gasteiger partial charge in [-0.2, -0.15) is 0 Å². The van der Waals surface area contributed by atoms with Crippen molar-refractivity contribution in [1.82, 2.24) is 0 Å². The van der Waals surface area contributed by atoms with E-state index in [-0.39, 0.29) is 12.5 Å². The van der Waals surface area contributed by atoms with E-state index < -0.39 is 12.1 Å². The van der Waals surface area contributed by atoms with Crippen molar-refractivity contribution in [2.24, 2.45) is 0 Å². The minimum atomic E-state index is -0.941. The summed E-state index contributed by atoms with van der Waals surface area (Å²) in [5, 5.41) is 27.7. The minimum Gasteiger partial charge on any atom is -0.481 e. The van der Waals surface area contributed by atoms with Crippen LogP contribution >= 0.6 is 0 Å². The van der Waals surface area contributed by atoms with Gasteiger partial charge in [0.05, 0.1) is 18.6 Å². The first kappa shape index (κ1) is 21.1. The molecule has 0 aliphatic rings. The molecule has 130 valence electrons. The fourth-order valence-corrected chi connectivity index (χ4v) is 2.42. The van der Waals surface area contributed by atoms with E-state index in [0.717, 1.165) is 44.9 Å². The summed E-state index contributed by atoms with van der Waals surface area (Å²) in [5.74, 6) is -0.941. The predicted octanol–water partition coefficient (Wildman–Crippen LogP) is 4.05. The number of carbonyl (C=O) groups is 1. The molecule has 3 N–H and O–H groups in total. The molecule has 0 aromatic rings. The lowest BCUT2D eigenvalue weighted by Crippen LogP contribution is -2.12. The summed E-state index contributed by atoms with van der Waals surface area (Å²) in [6, 6.07) is 0. The predicted molar refractivity (Wildman–Crippen MR) is 89.9 cm³/mol. The molecule has 0 aliphatic heterocycles. The van der Waals surface area contributed by atoms with Gasteiger partial charge in [-0.1, -0.05) is 57.6 Å². The third kappa shape index (κ3) is 15.5. The van der Waals surface area contributed by atoms with Crippen LogP contribution in [0.25, 0.3) is 0 Å². The van der Waals surface area contributed by atoms with Crippen molar-refractivity contribution in [3.63, 3.8) is 0 Å². The first-order valence-corrected chi connectivity index (χ1v) is 8.79. The number of aliphatic carboxylic acids is 1. The second-order valence-electron chi connectivity index (χ2n) is 6.10. The quantitative estimate of drug-likeness (QED) is 0.315. The van der Waals surface area contributed by atoms with Crippen LogP contribution in [0.1, 0.15) is 84.0 Å². The maximum Gasteiger partial charge on any atom is 0.305 e. The van der Waals surface area contributed by atoms with Gasteiger partial charge in [0.1, 0.15) is 0 Å². The topological polar surface area (TPSA) is 77.8 Å². The normalized spacial score (nSPS) is 14.3. The van der Waals surface area contributed by atoms with Crippen molar-refractivity contribution in [2.45, 2.75) is 96.2 Å². The van der Waals surface area contributed by atoms with E-state index in [0.29, 0.717) is 6.42 Å². The summed E-state index contributed by atoms with van der Waals surface area (Å²) < 4.78 is 0. The van der Waals surface area contributed by atoms with E-state index in [4.69, 9.17) is 5.11 Å². The van der Waals surface area contributed by atoms with Gasteiger partial charge >= 0.3 is 5.97 Å². The Hall–Kier alpha value is -0.870. The highest BCUT2D eigenvalue weighted by Crippen LogP contribution is 2.10. The summed E-state index contributed by atoms with van der Waals surface area (Å²) in [6.45, 7) is 2.19. The van der Waals surface area contributed by atoms with Gasteiger partial charge < -0.3 is 15.3 Å². The van der Waals surface area contributed by atoms with Gasteiger partial charge in [0.25, 0.3) is 0 Å². The highest BCUT2D eigenvalue weighted by molar-refractivity contribution is 5.67. The first-order valence-electron chi connectivity index (χ1n) is 8.79. The number of unbranched alkanes of at least 4 members (excludes halogenated alkanes) is 6. The lowest BCUT2D eigenvalue weighted by Gasteiger charge is -2.07. The largest absolute Gasteiger partial charge is 0.481 e. The SMILES string of the molecule is CCCCCC[C@@H](O)C/C=C\CCCCCC(O)CC(=O)O. The van der Waals surface area contributed by atoms with Gasteiger partial charge in [0.2, 0.25) is 0 Å². The van der Waals surface area contributed by atoms with Gasteiger partial charge in [-0.05, 0) is 32.1 Å². The van der Waals surface area contributed by atoms with Crippen molar-refractivity contribution in [3.8, 4) is 0 Å². The van der Waals surface area contributed by atoms with Gasteiger partial charge in [0.15, 0.2) is 0 Å². The van der Waals surface area contributed by atoms with Gasteiger partial charge in [-0.3, -0.25) is 4.79 Å². The molecule has 22 heavy (non-hydrogen) atoms. The summed E-state index contributed by atoms with van der Waals surface area (Å²) >= 11 is 0. The van der Waals surface area contributed by atoms with Gasteiger partial charge in [-0.15, -0.1) is 0 Å². The molecule has 0 rings (SSSR count). The fourth-order valence-electron chi connectivity index (χ4n) is 2.42. The molecule has 0 heterocycles. The van der Waals surface area contributed by atoms with Crippen LogP contribution in [0.3, 0.4) is 0 Å². The van der Waals surface area contributed by atoms with Crippen molar-refractivity contribution < 1.29 is 20.1 Å². The molecule has 0 aliphatic carbocycles. The molecule has 0 aromatic heterocycles. The van der Waals surface area contributed by atoms with Crippen molar-refractivity contribution in [2.75, 3.05) is 0 Å². The molecular formula is C18H34O4. The van der Waals surface area contributed by atoms with Crippen LogP contribution in [-0.2, 0) is 4.79 Å². The van der Waals surface area contributed by atoms with E-state index in [1.165, 1.54) is 19.3 Å². The summed E-state index contributed by atoms with van der Waals surface area (Å²) in [6.07, 6.45) is 14.0. The average molecular weight is 314 g/mol. The molecule has 1 unspecified atom stereocenters. The molecule has 4 nitrogen and oxygen atoms in total. The number of allylic oxidation sites excluding steroid dienone is 1. The lowest BCUT2D eigenvalue weighted by atomic mass is 10.1. The van der Waals surface area contributed by atoms with E-state index >= 15 is 0 Å². The average Bonchev–Trinajstić information content (AvgIpc) is 2.45. The number of aliphatic hydroxyl groups is 2.